The third-order valence-corrected chi connectivity index (χ3v) is 11.8. The Bertz CT molecular complexity index is 2050. The van der Waals surface area contributed by atoms with Crippen LogP contribution >= 0.6 is 22.9 Å². The summed E-state index contributed by atoms with van der Waals surface area (Å²) in [6.45, 7) is 5.26. The molecule has 2 aromatic carbocycles. The predicted octanol–water partition coefficient (Wildman–Crippen LogP) is 5.98. The molecule has 8 rings (SSSR count). The second-order valence-corrected chi connectivity index (χ2v) is 15.3. The van der Waals surface area contributed by atoms with Crippen LogP contribution in [0.3, 0.4) is 0 Å². The van der Waals surface area contributed by atoms with E-state index >= 15 is 8.78 Å². The van der Waals surface area contributed by atoms with Crippen LogP contribution in [-0.2, 0) is 4.74 Å². The molecular weight excluding hydrogens is 681 g/mol. The molecule has 6 heterocycles. The number of anilines is 2. The number of nitrogens with two attached hydrogens (primary N) is 1. The molecule has 0 bridgehead atoms. The first-order valence-corrected chi connectivity index (χ1v) is 17.5. The van der Waals surface area contributed by atoms with Gasteiger partial charge in [-0.2, -0.15) is 15.2 Å². The first kappa shape index (κ1) is 32.6. The highest BCUT2D eigenvalue weighted by Crippen LogP contribution is 2.52. The molecule has 0 radical (unpaired) electrons. The van der Waals surface area contributed by atoms with E-state index in [1.807, 2.05) is 11.0 Å². The third kappa shape index (κ3) is 5.07. The Morgan fingerprint density at radius 2 is 2.08 bits per heavy atom. The van der Waals surface area contributed by atoms with Crippen LogP contribution in [0, 0.1) is 23.0 Å². The van der Waals surface area contributed by atoms with Gasteiger partial charge in [0.05, 0.1) is 50.5 Å². The van der Waals surface area contributed by atoms with Gasteiger partial charge < -0.3 is 30.0 Å². The van der Waals surface area contributed by atoms with Crippen molar-refractivity contribution in [2.75, 3.05) is 50.2 Å². The summed E-state index contributed by atoms with van der Waals surface area (Å²) < 4.78 is 65.5. The summed E-state index contributed by atoms with van der Waals surface area (Å²) >= 11 is 7.96. The van der Waals surface area contributed by atoms with Crippen molar-refractivity contribution in [1.82, 2.24) is 14.9 Å². The van der Waals surface area contributed by atoms with Crippen LogP contribution in [0.2, 0.25) is 5.02 Å². The molecule has 49 heavy (non-hydrogen) atoms. The average Bonchev–Trinajstić information content (AvgIpc) is 3.82. The number of hydrogen-bond donors (Lipinski definition) is 2. The summed E-state index contributed by atoms with van der Waals surface area (Å²) in [5, 5.41) is 21.7. The van der Waals surface area contributed by atoms with Crippen LogP contribution < -0.4 is 20.1 Å². The van der Waals surface area contributed by atoms with Crippen LogP contribution in [0.4, 0.5) is 24.0 Å². The van der Waals surface area contributed by atoms with Gasteiger partial charge in [0.15, 0.2) is 11.6 Å². The number of aromatic nitrogens is 2. The molecule has 4 aromatic rings. The van der Waals surface area contributed by atoms with Crippen LogP contribution in [0.25, 0.3) is 32.1 Å². The van der Waals surface area contributed by atoms with Crippen LogP contribution in [0.1, 0.15) is 45.1 Å². The number of nitriles is 1. The molecule has 15 heteroatoms. The molecule has 258 valence electrons. The van der Waals surface area contributed by atoms with Crippen molar-refractivity contribution in [2.24, 2.45) is 0 Å². The van der Waals surface area contributed by atoms with Gasteiger partial charge in [0.25, 0.3) is 0 Å². The van der Waals surface area contributed by atoms with Gasteiger partial charge in [-0.05, 0) is 51.3 Å². The number of halogens is 4. The minimum atomic E-state index is -1.33. The molecule has 0 saturated carbocycles. The fraction of sp³-hybridized carbons (Fsp3) is 0.500. The second-order valence-electron chi connectivity index (χ2n) is 13.9. The van der Waals surface area contributed by atoms with Crippen LogP contribution in [-0.4, -0.2) is 88.9 Å². The summed E-state index contributed by atoms with van der Waals surface area (Å²) in [5.41, 5.74) is 4.05. The number of nitrogens with zero attached hydrogens (tertiary/aromatic N) is 5. The molecule has 1 unspecified atom stereocenters. The molecule has 4 aliphatic rings. The maximum atomic E-state index is 17.3. The van der Waals surface area contributed by atoms with Crippen molar-refractivity contribution >= 4 is 54.7 Å². The Morgan fingerprint density at radius 3 is 2.82 bits per heavy atom. The number of hydrogen-bond acceptors (Lipinski definition) is 11. The van der Waals surface area contributed by atoms with E-state index in [1.165, 1.54) is 12.1 Å². The number of nitrogen functional groups attached to an aromatic ring is 1. The Labute approximate surface area is 289 Å². The fourth-order valence-electron chi connectivity index (χ4n) is 8.12. The Balaban J connectivity index is 1.38. The SMILES string of the molecule is CC(C)(O)[C@H]1COc2c(Cl)c(-c3ccc(F)c4sc(N)c(C#N)c34)c(F)c3nc(OC[C@@]45CCCN4C[C@H](F)C5)nc(c23)N1C1CCOC1. The highest BCUT2D eigenvalue weighted by atomic mass is 35.5. The zero-order chi connectivity index (χ0) is 34.4. The first-order valence-electron chi connectivity index (χ1n) is 16.3. The van der Waals surface area contributed by atoms with E-state index in [0.717, 1.165) is 30.7 Å². The highest BCUT2D eigenvalue weighted by Gasteiger charge is 2.50. The predicted molar refractivity (Wildman–Crippen MR) is 180 cm³/mol. The number of rotatable bonds is 6. The quantitative estimate of drug-likeness (QED) is 0.246. The van der Waals surface area contributed by atoms with Gasteiger partial charge in [-0.15, -0.1) is 11.3 Å². The largest absolute Gasteiger partial charge is 0.489 e. The highest BCUT2D eigenvalue weighted by molar-refractivity contribution is 7.23. The number of aliphatic hydroxyl groups is 1. The lowest BCUT2D eigenvalue weighted by atomic mass is 9.95. The van der Waals surface area contributed by atoms with Gasteiger partial charge in [0.1, 0.15) is 47.6 Å². The molecule has 4 atom stereocenters. The van der Waals surface area contributed by atoms with Crippen molar-refractivity contribution in [3.63, 3.8) is 0 Å². The number of benzene rings is 2. The fourth-order valence-corrected chi connectivity index (χ4v) is 9.40. The van der Waals surface area contributed by atoms with Crippen molar-refractivity contribution < 1.29 is 32.5 Å². The number of alkyl halides is 1. The van der Waals surface area contributed by atoms with E-state index in [4.69, 9.17) is 36.5 Å². The van der Waals surface area contributed by atoms with Gasteiger partial charge in [-0.1, -0.05) is 17.7 Å². The second kappa shape index (κ2) is 11.7. The average molecular weight is 715 g/mol. The molecule has 3 saturated heterocycles. The molecule has 4 aliphatic heterocycles. The van der Waals surface area contributed by atoms with Gasteiger partial charge >= 0.3 is 6.01 Å². The summed E-state index contributed by atoms with van der Waals surface area (Å²) in [7, 11) is 0. The normalized spacial score (nSPS) is 25.5. The minimum absolute atomic E-state index is 0.00172. The summed E-state index contributed by atoms with van der Waals surface area (Å²) in [6, 6.07) is 3.47. The van der Waals surface area contributed by atoms with E-state index < -0.39 is 35.0 Å². The maximum Gasteiger partial charge on any atom is 0.319 e. The molecule has 0 amide bonds. The van der Waals surface area contributed by atoms with E-state index in [-0.39, 0.29) is 84.5 Å². The lowest BCUT2D eigenvalue weighted by Crippen LogP contribution is -2.56. The molecule has 2 aromatic heterocycles. The maximum absolute atomic E-state index is 17.3. The Kier molecular flexibility index (Phi) is 7.80. The Morgan fingerprint density at radius 1 is 1.27 bits per heavy atom. The minimum Gasteiger partial charge on any atom is -0.489 e. The molecular formula is C34H34ClF3N6O4S. The van der Waals surface area contributed by atoms with E-state index in [1.54, 1.807) is 13.8 Å². The monoisotopic (exact) mass is 714 g/mol. The van der Waals surface area contributed by atoms with Gasteiger partial charge in [0, 0.05) is 30.5 Å². The lowest BCUT2D eigenvalue weighted by molar-refractivity contribution is 0.0282. The van der Waals surface area contributed by atoms with E-state index in [0.29, 0.717) is 32.6 Å². The van der Waals surface area contributed by atoms with Crippen LogP contribution in [0.5, 0.6) is 11.8 Å². The van der Waals surface area contributed by atoms with E-state index in [2.05, 4.69) is 9.88 Å². The topological polar surface area (TPSA) is 130 Å². The molecule has 3 fully saturated rings. The first-order chi connectivity index (χ1) is 23.4. The van der Waals surface area contributed by atoms with Gasteiger partial charge in [-0.25, -0.2) is 13.2 Å². The molecule has 10 nitrogen and oxygen atoms in total. The van der Waals surface area contributed by atoms with Gasteiger partial charge in [-0.3, -0.25) is 4.90 Å². The van der Waals surface area contributed by atoms with Gasteiger partial charge in [0.2, 0.25) is 0 Å². The smallest absolute Gasteiger partial charge is 0.319 e. The standard InChI is InChI=1S/C34H34ClF3N6O4S/c1-33(2,45)21-14-47-28-24-27(26(38)23(25(28)35)18-4-5-20(37)29-22(18)19(11-39)30(40)49-29)41-32(42-31(24)44(21)17-6-9-46-13-17)48-15-34-7-3-8-43(34)12-16(36)10-34/h4-5,16-17,21,45H,3,6-10,12-15,40H2,1-2H3/t16-,17?,21-,34+/m1/s1. The molecule has 3 N–H and O–H groups in total. The summed E-state index contributed by atoms with van der Waals surface area (Å²) in [5.74, 6) is -1.16. The van der Waals surface area contributed by atoms with Crippen LogP contribution in [0.15, 0.2) is 12.1 Å². The molecule has 0 spiro atoms. The van der Waals surface area contributed by atoms with Crippen molar-refractivity contribution in [3.05, 3.63) is 34.4 Å². The number of thiophene rings is 1. The third-order valence-electron chi connectivity index (χ3n) is 10.5. The van der Waals surface area contributed by atoms with E-state index in [9.17, 15) is 14.8 Å². The number of fused-ring (bicyclic) bond motifs is 2. The number of ether oxygens (including phenoxy) is 3. The molecule has 0 aliphatic carbocycles. The summed E-state index contributed by atoms with van der Waals surface area (Å²) in [4.78, 5) is 13.4. The zero-order valence-electron chi connectivity index (χ0n) is 26.9. The van der Waals surface area contributed by atoms with Crippen molar-refractivity contribution in [1.29, 1.82) is 5.26 Å². The van der Waals surface area contributed by atoms with Crippen molar-refractivity contribution in [3.8, 4) is 29.0 Å². The lowest BCUT2D eigenvalue weighted by Gasteiger charge is -2.41. The zero-order valence-corrected chi connectivity index (χ0v) is 28.4. The summed E-state index contributed by atoms with van der Waals surface area (Å²) in [6.07, 6.45) is 1.60. The van der Waals surface area contributed by atoms with Crippen molar-refractivity contribution in [2.45, 2.75) is 68.9 Å². The Hall–Kier alpha value is -3.61.